The SMILES string of the molecule is Cn1nccc1CNC(=O)CC(C)(C)C. The molecule has 1 heterocycles. The summed E-state index contributed by atoms with van der Waals surface area (Å²) in [5.41, 5.74) is 1.05. The Morgan fingerprint density at radius 2 is 2.20 bits per heavy atom. The van der Waals surface area contributed by atoms with Gasteiger partial charge < -0.3 is 5.32 Å². The van der Waals surface area contributed by atoms with Gasteiger partial charge in [0, 0.05) is 19.7 Å². The molecule has 84 valence electrons. The van der Waals surface area contributed by atoms with E-state index in [1.807, 2.05) is 13.1 Å². The van der Waals surface area contributed by atoms with Crippen molar-refractivity contribution < 1.29 is 4.79 Å². The molecule has 1 rings (SSSR count). The number of aryl methyl sites for hydroxylation is 1. The molecule has 4 heteroatoms. The fourth-order valence-electron chi connectivity index (χ4n) is 1.31. The van der Waals surface area contributed by atoms with Gasteiger partial charge >= 0.3 is 0 Å². The lowest BCUT2D eigenvalue weighted by atomic mass is 9.92. The third kappa shape index (κ3) is 4.14. The van der Waals surface area contributed by atoms with E-state index >= 15 is 0 Å². The van der Waals surface area contributed by atoms with Crippen molar-refractivity contribution >= 4 is 5.91 Å². The Hall–Kier alpha value is -1.32. The Morgan fingerprint density at radius 3 is 2.67 bits per heavy atom. The topological polar surface area (TPSA) is 46.9 Å². The van der Waals surface area contributed by atoms with Crippen LogP contribution in [0.25, 0.3) is 0 Å². The minimum absolute atomic E-state index is 0.0382. The summed E-state index contributed by atoms with van der Waals surface area (Å²) in [6.07, 6.45) is 2.27. The molecular weight excluding hydrogens is 190 g/mol. The highest BCUT2D eigenvalue weighted by molar-refractivity contribution is 5.76. The van der Waals surface area contributed by atoms with Crippen LogP contribution in [0.2, 0.25) is 0 Å². The maximum atomic E-state index is 11.5. The highest BCUT2D eigenvalue weighted by Crippen LogP contribution is 2.17. The van der Waals surface area contributed by atoms with Crippen LogP contribution in [0.15, 0.2) is 12.3 Å². The molecule has 4 nitrogen and oxygen atoms in total. The molecule has 0 spiro atoms. The molecule has 1 N–H and O–H groups in total. The lowest BCUT2D eigenvalue weighted by Crippen LogP contribution is -2.27. The van der Waals surface area contributed by atoms with Gasteiger partial charge in [-0.3, -0.25) is 9.48 Å². The highest BCUT2D eigenvalue weighted by Gasteiger charge is 2.15. The van der Waals surface area contributed by atoms with Gasteiger partial charge in [0.05, 0.1) is 12.2 Å². The van der Waals surface area contributed by atoms with E-state index in [9.17, 15) is 4.79 Å². The lowest BCUT2D eigenvalue weighted by Gasteiger charge is -2.17. The lowest BCUT2D eigenvalue weighted by molar-refractivity contribution is -0.123. The Balaban J connectivity index is 2.38. The molecule has 0 saturated heterocycles. The first-order valence-corrected chi connectivity index (χ1v) is 5.12. The number of nitrogens with one attached hydrogen (secondary N) is 1. The van der Waals surface area contributed by atoms with Gasteiger partial charge in [0.2, 0.25) is 5.91 Å². The van der Waals surface area contributed by atoms with Crippen LogP contribution in [0, 0.1) is 5.41 Å². The standard InChI is InChI=1S/C11H19N3O/c1-11(2,3)7-10(15)12-8-9-5-6-13-14(9)4/h5-6H,7-8H2,1-4H3,(H,12,15). The predicted octanol–water partition coefficient (Wildman–Crippen LogP) is 1.47. The second-order valence-electron chi connectivity index (χ2n) is 4.96. The molecule has 0 saturated carbocycles. The summed E-state index contributed by atoms with van der Waals surface area (Å²) in [6.45, 7) is 6.70. The summed E-state index contributed by atoms with van der Waals surface area (Å²) in [4.78, 5) is 11.5. The van der Waals surface area contributed by atoms with E-state index in [1.165, 1.54) is 0 Å². The molecule has 1 aromatic rings. The predicted molar refractivity (Wildman–Crippen MR) is 59.1 cm³/mol. The summed E-state index contributed by atoms with van der Waals surface area (Å²) in [6, 6.07) is 1.90. The van der Waals surface area contributed by atoms with Gasteiger partial charge in [-0.25, -0.2) is 0 Å². The zero-order chi connectivity index (χ0) is 11.5. The molecule has 0 aliphatic carbocycles. The van der Waals surface area contributed by atoms with Crippen molar-refractivity contribution in [3.63, 3.8) is 0 Å². The second kappa shape index (κ2) is 4.47. The maximum absolute atomic E-state index is 11.5. The zero-order valence-corrected chi connectivity index (χ0v) is 9.87. The Morgan fingerprint density at radius 1 is 1.53 bits per heavy atom. The van der Waals surface area contributed by atoms with Gasteiger partial charge in [-0.15, -0.1) is 0 Å². The molecule has 0 radical (unpaired) electrons. The van der Waals surface area contributed by atoms with Crippen molar-refractivity contribution in [1.82, 2.24) is 15.1 Å². The van der Waals surface area contributed by atoms with Gasteiger partial charge in [-0.1, -0.05) is 20.8 Å². The quantitative estimate of drug-likeness (QED) is 0.819. The number of amides is 1. The third-order valence-corrected chi connectivity index (χ3v) is 2.08. The average Bonchev–Trinajstić information content (AvgIpc) is 2.44. The van der Waals surface area contributed by atoms with Crippen molar-refractivity contribution in [2.24, 2.45) is 12.5 Å². The van der Waals surface area contributed by atoms with E-state index in [0.29, 0.717) is 13.0 Å². The minimum Gasteiger partial charge on any atom is -0.350 e. The molecule has 1 amide bonds. The van der Waals surface area contributed by atoms with Crippen LogP contribution in [0.5, 0.6) is 0 Å². The number of carbonyl (C=O) groups excluding carboxylic acids is 1. The molecule has 0 aromatic carbocycles. The van der Waals surface area contributed by atoms with E-state index in [-0.39, 0.29) is 11.3 Å². The number of nitrogens with zero attached hydrogens (tertiary/aromatic N) is 2. The van der Waals surface area contributed by atoms with E-state index in [4.69, 9.17) is 0 Å². The van der Waals surface area contributed by atoms with Crippen LogP contribution in [-0.4, -0.2) is 15.7 Å². The summed E-state index contributed by atoms with van der Waals surface area (Å²) in [5.74, 6) is 0.0868. The Labute approximate surface area is 90.7 Å². The van der Waals surface area contributed by atoms with Crippen molar-refractivity contribution in [2.45, 2.75) is 33.7 Å². The zero-order valence-electron chi connectivity index (χ0n) is 9.87. The molecule has 0 aliphatic rings. The number of carbonyl (C=O) groups is 1. The van der Waals surface area contributed by atoms with Crippen LogP contribution in [0.3, 0.4) is 0 Å². The van der Waals surface area contributed by atoms with E-state index in [1.54, 1.807) is 10.9 Å². The van der Waals surface area contributed by atoms with Gasteiger partial charge in [0.15, 0.2) is 0 Å². The largest absolute Gasteiger partial charge is 0.350 e. The van der Waals surface area contributed by atoms with Crippen molar-refractivity contribution in [3.8, 4) is 0 Å². The fourth-order valence-corrected chi connectivity index (χ4v) is 1.31. The first-order chi connectivity index (χ1) is 6.88. The molecule has 1 aromatic heterocycles. The average molecular weight is 209 g/mol. The summed E-state index contributed by atoms with van der Waals surface area (Å²) >= 11 is 0. The van der Waals surface area contributed by atoms with Crippen LogP contribution in [0.4, 0.5) is 0 Å². The summed E-state index contributed by atoms with van der Waals surface area (Å²) in [5, 5.41) is 6.92. The van der Waals surface area contributed by atoms with Crippen molar-refractivity contribution in [3.05, 3.63) is 18.0 Å². The molecule has 0 bridgehead atoms. The fraction of sp³-hybridized carbons (Fsp3) is 0.636. The van der Waals surface area contributed by atoms with Crippen molar-refractivity contribution in [1.29, 1.82) is 0 Å². The first-order valence-electron chi connectivity index (χ1n) is 5.12. The first kappa shape index (κ1) is 11.8. The summed E-state index contributed by atoms with van der Waals surface area (Å²) < 4.78 is 1.76. The monoisotopic (exact) mass is 209 g/mol. The van der Waals surface area contributed by atoms with Gasteiger partial charge in [-0.05, 0) is 11.5 Å². The number of hydrogen-bond donors (Lipinski definition) is 1. The summed E-state index contributed by atoms with van der Waals surface area (Å²) in [7, 11) is 1.87. The normalized spacial score (nSPS) is 11.5. The Bertz CT molecular complexity index is 336. The van der Waals surface area contributed by atoms with Crippen molar-refractivity contribution in [2.75, 3.05) is 0 Å². The number of aromatic nitrogens is 2. The van der Waals surface area contributed by atoms with E-state index in [0.717, 1.165) is 5.69 Å². The second-order valence-corrected chi connectivity index (χ2v) is 4.96. The van der Waals surface area contributed by atoms with Crippen LogP contribution >= 0.6 is 0 Å². The van der Waals surface area contributed by atoms with E-state index < -0.39 is 0 Å². The molecule has 15 heavy (non-hydrogen) atoms. The molecule has 0 atom stereocenters. The molecule has 0 fully saturated rings. The number of rotatable bonds is 3. The number of hydrogen-bond acceptors (Lipinski definition) is 2. The van der Waals surface area contributed by atoms with Crippen LogP contribution in [0.1, 0.15) is 32.9 Å². The third-order valence-electron chi connectivity index (χ3n) is 2.08. The molecule has 0 unspecified atom stereocenters. The highest BCUT2D eigenvalue weighted by atomic mass is 16.1. The maximum Gasteiger partial charge on any atom is 0.220 e. The minimum atomic E-state index is 0.0382. The Kier molecular flexibility index (Phi) is 3.50. The smallest absolute Gasteiger partial charge is 0.220 e. The van der Waals surface area contributed by atoms with Crippen LogP contribution in [-0.2, 0) is 18.4 Å². The van der Waals surface area contributed by atoms with Crippen LogP contribution < -0.4 is 5.32 Å². The molecular formula is C11H19N3O. The van der Waals surface area contributed by atoms with Gasteiger partial charge in [0.1, 0.15) is 0 Å². The molecule has 0 aliphatic heterocycles. The van der Waals surface area contributed by atoms with Gasteiger partial charge in [-0.2, -0.15) is 5.10 Å². The van der Waals surface area contributed by atoms with Gasteiger partial charge in [0.25, 0.3) is 0 Å². The van der Waals surface area contributed by atoms with E-state index in [2.05, 4.69) is 31.2 Å².